The van der Waals surface area contributed by atoms with Crippen molar-refractivity contribution in [2.24, 2.45) is 0 Å². The maximum atomic E-state index is 12.3. The van der Waals surface area contributed by atoms with Gasteiger partial charge < -0.3 is 10.6 Å². The van der Waals surface area contributed by atoms with E-state index in [0.717, 1.165) is 16.1 Å². The molecule has 0 aromatic heterocycles. The predicted molar refractivity (Wildman–Crippen MR) is 107 cm³/mol. The number of para-hydroxylation sites is 1. The van der Waals surface area contributed by atoms with Crippen molar-refractivity contribution in [2.75, 3.05) is 25.2 Å². The van der Waals surface area contributed by atoms with E-state index >= 15 is 0 Å². The monoisotopic (exact) mass is 371 g/mol. The third-order valence-corrected chi connectivity index (χ3v) is 4.92. The van der Waals surface area contributed by atoms with Crippen LogP contribution in [0.2, 0.25) is 0 Å². The summed E-state index contributed by atoms with van der Waals surface area (Å²) in [5.41, 5.74) is 1.83. The van der Waals surface area contributed by atoms with E-state index in [4.69, 9.17) is 0 Å². The number of amides is 2. The van der Waals surface area contributed by atoms with E-state index in [1.165, 1.54) is 0 Å². The highest BCUT2D eigenvalue weighted by molar-refractivity contribution is 7.98. The summed E-state index contributed by atoms with van der Waals surface area (Å²) in [5, 5.41) is 5.82. The van der Waals surface area contributed by atoms with Gasteiger partial charge in [-0.05, 0) is 37.9 Å². The van der Waals surface area contributed by atoms with Crippen LogP contribution >= 0.6 is 11.8 Å². The molecule has 0 saturated carbocycles. The van der Waals surface area contributed by atoms with Gasteiger partial charge in [0, 0.05) is 11.4 Å². The van der Waals surface area contributed by atoms with Gasteiger partial charge in [-0.25, -0.2) is 0 Å². The summed E-state index contributed by atoms with van der Waals surface area (Å²) in [7, 11) is 1.77. The molecule has 0 aliphatic carbocycles. The van der Waals surface area contributed by atoms with Crippen LogP contribution in [0, 0.1) is 0 Å². The molecule has 0 aliphatic heterocycles. The van der Waals surface area contributed by atoms with Crippen LogP contribution < -0.4 is 10.6 Å². The van der Waals surface area contributed by atoms with Crippen LogP contribution in [-0.4, -0.2) is 42.6 Å². The number of carbonyl (C=O) groups excluding carboxylic acids is 2. The molecule has 2 N–H and O–H groups in total. The van der Waals surface area contributed by atoms with E-state index in [1.54, 1.807) is 30.6 Å². The van der Waals surface area contributed by atoms with Crippen molar-refractivity contribution >= 4 is 29.3 Å². The molecular formula is C20H25N3O2S. The van der Waals surface area contributed by atoms with Crippen molar-refractivity contribution in [3.8, 4) is 0 Å². The van der Waals surface area contributed by atoms with E-state index in [0.29, 0.717) is 6.54 Å². The fourth-order valence-electron chi connectivity index (χ4n) is 2.43. The third-order valence-electron chi connectivity index (χ3n) is 4.12. The highest BCUT2D eigenvalue weighted by Gasteiger charge is 2.20. The van der Waals surface area contributed by atoms with E-state index in [-0.39, 0.29) is 18.4 Å². The maximum absolute atomic E-state index is 12.3. The first-order valence-electron chi connectivity index (χ1n) is 8.46. The van der Waals surface area contributed by atoms with Gasteiger partial charge >= 0.3 is 0 Å². The number of thioether (sulfide) groups is 1. The Hall–Kier alpha value is -2.31. The van der Waals surface area contributed by atoms with Crippen molar-refractivity contribution in [3.05, 3.63) is 60.2 Å². The fourth-order valence-corrected chi connectivity index (χ4v) is 2.99. The molecule has 0 bridgehead atoms. The Labute approximate surface area is 159 Å². The number of rotatable bonds is 8. The number of hydrogen-bond donors (Lipinski definition) is 2. The van der Waals surface area contributed by atoms with Crippen molar-refractivity contribution in [3.63, 3.8) is 0 Å². The Kier molecular flexibility index (Phi) is 7.69. The predicted octanol–water partition coefficient (Wildman–Crippen LogP) is 2.98. The molecule has 2 amide bonds. The largest absolute Gasteiger partial charge is 0.351 e. The number of nitrogens with one attached hydrogen (secondary N) is 2. The van der Waals surface area contributed by atoms with Gasteiger partial charge in [0.15, 0.2) is 0 Å². The molecule has 6 heteroatoms. The van der Waals surface area contributed by atoms with Crippen LogP contribution in [-0.2, 0) is 16.1 Å². The van der Waals surface area contributed by atoms with Crippen LogP contribution in [0.25, 0.3) is 0 Å². The van der Waals surface area contributed by atoms with Crippen molar-refractivity contribution in [1.29, 1.82) is 0 Å². The molecule has 0 aliphatic rings. The number of anilines is 1. The van der Waals surface area contributed by atoms with Gasteiger partial charge in [0.05, 0.1) is 18.3 Å². The molecule has 0 unspecified atom stereocenters. The summed E-state index contributed by atoms with van der Waals surface area (Å²) < 4.78 is 0. The third kappa shape index (κ3) is 5.89. The minimum atomic E-state index is -0.403. The lowest BCUT2D eigenvalue weighted by molar-refractivity contribution is -0.126. The molecule has 2 aromatic carbocycles. The Morgan fingerprint density at radius 3 is 2.42 bits per heavy atom. The van der Waals surface area contributed by atoms with Gasteiger partial charge in [0.25, 0.3) is 0 Å². The van der Waals surface area contributed by atoms with Crippen molar-refractivity contribution in [1.82, 2.24) is 10.2 Å². The topological polar surface area (TPSA) is 61.4 Å². The van der Waals surface area contributed by atoms with Crippen LogP contribution in [0.1, 0.15) is 12.5 Å². The molecule has 0 heterocycles. The lowest BCUT2D eigenvalue weighted by atomic mass is 10.2. The lowest BCUT2D eigenvalue weighted by Gasteiger charge is -2.23. The average molecular weight is 372 g/mol. The Morgan fingerprint density at radius 2 is 1.73 bits per heavy atom. The van der Waals surface area contributed by atoms with Gasteiger partial charge in [-0.1, -0.05) is 42.5 Å². The molecule has 2 aromatic rings. The first-order valence-corrected chi connectivity index (χ1v) is 9.68. The second-order valence-electron chi connectivity index (χ2n) is 6.04. The van der Waals surface area contributed by atoms with Crippen LogP contribution in [0.4, 0.5) is 5.69 Å². The summed E-state index contributed by atoms with van der Waals surface area (Å²) in [6, 6.07) is 17.0. The minimum absolute atomic E-state index is 0.103. The molecular weight excluding hydrogens is 346 g/mol. The molecule has 1 atom stereocenters. The first kappa shape index (κ1) is 20.0. The minimum Gasteiger partial charge on any atom is -0.351 e. The SMILES string of the molecule is CSc1ccccc1NC(=O)CN(C)[C@@H](C)C(=O)NCc1ccccc1. The zero-order chi connectivity index (χ0) is 18.9. The second-order valence-corrected chi connectivity index (χ2v) is 6.89. The molecule has 0 radical (unpaired) electrons. The van der Waals surface area contributed by atoms with Crippen molar-refractivity contribution < 1.29 is 9.59 Å². The quantitative estimate of drug-likeness (QED) is 0.701. The lowest BCUT2D eigenvalue weighted by Crippen LogP contribution is -2.45. The summed E-state index contributed by atoms with van der Waals surface area (Å²) in [6.07, 6.45) is 1.97. The molecule has 5 nitrogen and oxygen atoms in total. The molecule has 2 rings (SSSR count). The smallest absolute Gasteiger partial charge is 0.238 e. The van der Waals surface area contributed by atoms with E-state index in [2.05, 4.69) is 10.6 Å². The first-order chi connectivity index (χ1) is 12.5. The zero-order valence-corrected chi connectivity index (χ0v) is 16.2. The fraction of sp³-hybridized carbons (Fsp3) is 0.300. The summed E-state index contributed by atoms with van der Waals surface area (Å²) >= 11 is 1.58. The van der Waals surface area contributed by atoms with Gasteiger partial charge in [-0.3, -0.25) is 14.5 Å². The number of hydrogen-bond acceptors (Lipinski definition) is 4. The van der Waals surface area contributed by atoms with E-state index in [1.807, 2.05) is 60.9 Å². The molecule has 0 saturated heterocycles. The number of carbonyl (C=O) groups is 2. The normalized spacial score (nSPS) is 11.8. The number of benzene rings is 2. The van der Waals surface area contributed by atoms with Crippen LogP contribution in [0.15, 0.2) is 59.5 Å². The highest BCUT2D eigenvalue weighted by atomic mass is 32.2. The molecule has 138 valence electrons. The van der Waals surface area contributed by atoms with E-state index in [9.17, 15) is 9.59 Å². The maximum Gasteiger partial charge on any atom is 0.238 e. The van der Waals surface area contributed by atoms with Gasteiger partial charge in [-0.15, -0.1) is 11.8 Å². The van der Waals surface area contributed by atoms with Crippen LogP contribution in [0.3, 0.4) is 0 Å². The van der Waals surface area contributed by atoms with E-state index < -0.39 is 6.04 Å². The van der Waals surface area contributed by atoms with Gasteiger partial charge in [0.2, 0.25) is 11.8 Å². The standard InChI is InChI=1S/C20H25N3O2S/c1-15(20(25)21-13-16-9-5-4-6-10-16)23(2)14-19(24)22-17-11-7-8-12-18(17)26-3/h4-12,15H,13-14H2,1-3H3,(H,21,25)(H,22,24)/t15-/m0/s1. The summed E-state index contributed by atoms with van der Waals surface area (Å²) in [6.45, 7) is 2.41. The Bertz CT molecular complexity index is 737. The van der Waals surface area contributed by atoms with Crippen LogP contribution in [0.5, 0.6) is 0 Å². The molecule has 0 spiro atoms. The average Bonchev–Trinajstić information content (AvgIpc) is 2.66. The van der Waals surface area contributed by atoms with Gasteiger partial charge in [0.1, 0.15) is 0 Å². The number of nitrogens with zero attached hydrogens (tertiary/aromatic N) is 1. The number of likely N-dealkylation sites (N-methyl/N-ethyl adjacent to an activating group) is 1. The Balaban J connectivity index is 1.84. The zero-order valence-electron chi connectivity index (χ0n) is 15.4. The van der Waals surface area contributed by atoms with Crippen molar-refractivity contribution in [2.45, 2.75) is 24.4 Å². The second kappa shape index (κ2) is 9.99. The highest BCUT2D eigenvalue weighted by Crippen LogP contribution is 2.24. The summed E-state index contributed by atoms with van der Waals surface area (Å²) in [4.78, 5) is 27.4. The summed E-state index contributed by atoms with van der Waals surface area (Å²) in [5.74, 6) is -0.245. The molecule has 0 fully saturated rings. The molecule has 26 heavy (non-hydrogen) atoms. The van der Waals surface area contributed by atoms with Gasteiger partial charge in [-0.2, -0.15) is 0 Å². The Morgan fingerprint density at radius 1 is 1.08 bits per heavy atom.